The predicted octanol–water partition coefficient (Wildman–Crippen LogP) is 1.98. The maximum absolute atomic E-state index is 12.5. The Morgan fingerprint density at radius 2 is 2.00 bits per heavy atom. The molecule has 0 amide bonds. The molecule has 0 aromatic carbocycles. The molecule has 68 valence electrons. The second-order valence-corrected chi connectivity index (χ2v) is 2.15. The maximum Gasteiger partial charge on any atom is 0.410 e. The van der Waals surface area contributed by atoms with Crippen molar-refractivity contribution in [2.24, 2.45) is 5.73 Å². The third kappa shape index (κ3) is 1.58. The highest BCUT2D eigenvalue weighted by molar-refractivity contribution is 5.08. The van der Waals surface area contributed by atoms with E-state index in [-0.39, 0.29) is 0 Å². The summed E-state index contributed by atoms with van der Waals surface area (Å²) in [6.45, 7) is 0. The van der Waals surface area contributed by atoms with Gasteiger partial charge in [0.15, 0.2) is 17.6 Å². The monoisotopic (exact) mass is 183 g/mol. The van der Waals surface area contributed by atoms with E-state index >= 15 is 0 Å². The van der Waals surface area contributed by atoms with Crippen LogP contribution in [0.15, 0.2) is 16.7 Å². The van der Waals surface area contributed by atoms with Gasteiger partial charge >= 0.3 is 6.18 Å². The summed E-state index contributed by atoms with van der Waals surface area (Å²) in [6, 6.07) is -1.62. The lowest BCUT2D eigenvalue weighted by atomic mass is 10.2. The minimum absolute atomic E-state index is 0.779. The van der Waals surface area contributed by atoms with Gasteiger partial charge in [-0.15, -0.1) is 0 Å². The highest BCUT2D eigenvalue weighted by Gasteiger charge is 2.41. The van der Waals surface area contributed by atoms with Gasteiger partial charge in [-0.3, -0.25) is 0 Å². The van der Waals surface area contributed by atoms with Crippen molar-refractivity contribution in [1.29, 1.82) is 0 Å². The van der Waals surface area contributed by atoms with E-state index in [0.29, 0.717) is 0 Å². The van der Waals surface area contributed by atoms with Crippen LogP contribution >= 0.6 is 0 Å². The lowest BCUT2D eigenvalue weighted by Crippen LogP contribution is -2.28. The van der Waals surface area contributed by atoms with Gasteiger partial charge in [-0.25, -0.2) is 4.39 Å². The third-order valence-electron chi connectivity index (χ3n) is 1.28. The fourth-order valence-electron chi connectivity index (χ4n) is 0.676. The zero-order valence-corrected chi connectivity index (χ0v) is 5.73. The van der Waals surface area contributed by atoms with E-state index in [1.165, 1.54) is 0 Å². The van der Waals surface area contributed by atoms with Crippen molar-refractivity contribution in [3.8, 4) is 0 Å². The van der Waals surface area contributed by atoms with Crippen LogP contribution in [0.3, 0.4) is 0 Å². The molecule has 0 aliphatic heterocycles. The van der Waals surface area contributed by atoms with Crippen molar-refractivity contribution in [1.82, 2.24) is 0 Å². The van der Waals surface area contributed by atoms with Crippen molar-refractivity contribution in [3.63, 3.8) is 0 Å². The van der Waals surface area contributed by atoms with Gasteiger partial charge in [0.25, 0.3) is 0 Å². The van der Waals surface area contributed by atoms with Gasteiger partial charge in [0.1, 0.15) is 0 Å². The molecule has 2 nitrogen and oxygen atoms in total. The number of alkyl halides is 3. The zero-order valence-electron chi connectivity index (χ0n) is 5.73. The van der Waals surface area contributed by atoms with Crippen LogP contribution < -0.4 is 5.73 Å². The van der Waals surface area contributed by atoms with E-state index in [1.54, 1.807) is 0 Å². The SMILES string of the molecule is NC(c1occc1F)C(F)(F)F. The van der Waals surface area contributed by atoms with Crippen LogP contribution in [0.1, 0.15) is 11.8 Å². The second kappa shape index (κ2) is 2.78. The predicted molar refractivity (Wildman–Crippen MR) is 31.6 cm³/mol. The summed E-state index contributed by atoms with van der Waals surface area (Å²) in [5.41, 5.74) is 4.66. The highest BCUT2D eigenvalue weighted by Crippen LogP contribution is 2.31. The molecule has 1 heterocycles. The summed E-state index contributed by atoms with van der Waals surface area (Å²) < 4.78 is 52.2. The Labute approximate surface area is 65.0 Å². The number of hydrogen-bond donors (Lipinski definition) is 1. The Balaban J connectivity index is 2.92. The smallest absolute Gasteiger partial charge is 0.410 e. The van der Waals surface area contributed by atoms with Gasteiger partial charge in [0.2, 0.25) is 0 Å². The van der Waals surface area contributed by atoms with Crippen LogP contribution in [0.5, 0.6) is 0 Å². The molecular formula is C6H5F4NO. The van der Waals surface area contributed by atoms with E-state index in [0.717, 1.165) is 12.3 Å². The fourth-order valence-corrected chi connectivity index (χ4v) is 0.676. The molecule has 0 aliphatic rings. The molecule has 0 radical (unpaired) electrons. The summed E-state index contributed by atoms with van der Waals surface area (Å²) in [5, 5.41) is 0. The molecule has 1 rings (SSSR count). The first-order valence-electron chi connectivity index (χ1n) is 2.98. The minimum atomic E-state index is -4.68. The largest absolute Gasteiger partial charge is 0.464 e. The quantitative estimate of drug-likeness (QED) is 0.676. The van der Waals surface area contributed by atoms with E-state index in [4.69, 9.17) is 0 Å². The number of halogens is 4. The molecule has 0 aliphatic carbocycles. The molecule has 6 heteroatoms. The van der Waals surface area contributed by atoms with E-state index in [1.807, 2.05) is 0 Å². The van der Waals surface area contributed by atoms with Crippen molar-refractivity contribution < 1.29 is 22.0 Å². The molecule has 1 atom stereocenters. The van der Waals surface area contributed by atoms with Crippen molar-refractivity contribution in [2.45, 2.75) is 12.2 Å². The fraction of sp³-hybridized carbons (Fsp3) is 0.333. The van der Waals surface area contributed by atoms with Gasteiger partial charge < -0.3 is 10.2 Å². The molecule has 0 spiro atoms. The summed E-state index contributed by atoms with van der Waals surface area (Å²) in [7, 11) is 0. The van der Waals surface area contributed by atoms with Crippen molar-refractivity contribution >= 4 is 0 Å². The third-order valence-corrected chi connectivity index (χ3v) is 1.28. The number of furan rings is 1. The van der Waals surface area contributed by atoms with Crippen LogP contribution in [0.25, 0.3) is 0 Å². The van der Waals surface area contributed by atoms with Crippen LogP contribution in [0, 0.1) is 5.82 Å². The van der Waals surface area contributed by atoms with Crippen molar-refractivity contribution in [2.75, 3.05) is 0 Å². The van der Waals surface area contributed by atoms with E-state index in [2.05, 4.69) is 10.2 Å². The lowest BCUT2D eigenvalue weighted by Gasteiger charge is -2.12. The molecule has 0 saturated carbocycles. The van der Waals surface area contributed by atoms with Crippen LogP contribution in [0.2, 0.25) is 0 Å². The Morgan fingerprint density at radius 1 is 1.42 bits per heavy atom. The first kappa shape index (κ1) is 9.05. The lowest BCUT2D eigenvalue weighted by molar-refractivity contribution is -0.153. The number of nitrogens with two attached hydrogens (primary N) is 1. The van der Waals surface area contributed by atoms with Gasteiger partial charge in [0.05, 0.1) is 6.26 Å². The molecule has 1 unspecified atom stereocenters. The van der Waals surface area contributed by atoms with Gasteiger partial charge in [-0.2, -0.15) is 13.2 Å². The average Bonchev–Trinajstić information content (AvgIpc) is 2.31. The second-order valence-electron chi connectivity index (χ2n) is 2.15. The molecule has 1 aromatic rings. The van der Waals surface area contributed by atoms with E-state index in [9.17, 15) is 17.6 Å². The van der Waals surface area contributed by atoms with Crippen LogP contribution in [-0.2, 0) is 0 Å². The first-order valence-corrected chi connectivity index (χ1v) is 2.98. The Kier molecular flexibility index (Phi) is 2.10. The normalized spacial score (nSPS) is 14.8. The molecule has 0 fully saturated rings. The molecule has 1 aromatic heterocycles. The topological polar surface area (TPSA) is 39.2 Å². The molecular weight excluding hydrogens is 178 g/mol. The van der Waals surface area contributed by atoms with Gasteiger partial charge in [-0.05, 0) is 0 Å². The van der Waals surface area contributed by atoms with Crippen LogP contribution in [0.4, 0.5) is 17.6 Å². The standard InChI is InChI=1S/C6H5F4NO/c7-3-1-2-12-4(3)5(11)6(8,9)10/h1-2,5H,11H2. The van der Waals surface area contributed by atoms with E-state index < -0.39 is 23.8 Å². The molecule has 0 bridgehead atoms. The maximum atomic E-state index is 12.5. The molecule has 12 heavy (non-hydrogen) atoms. The summed E-state index contributed by atoms with van der Waals surface area (Å²) in [5.74, 6) is -1.97. The van der Waals surface area contributed by atoms with Crippen LogP contribution in [-0.4, -0.2) is 6.18 Å². The number of rotatable bonds is 1. The first-order chi connectivity index (χ1) is 5.43. The van der Waals surface area contributed by atoms with Gasteiger partial charge in [-0.1, -0.05) is 0 Å². The molecule has 0 saturated heterocycles. The van der Waals surface area contributed by atoms with Gasteiger partial charge in [0, 0.05) is 6.07 Å². The summed E-state index contributed by atoms with van der Waals surface area (Å²) in [4.78, 5) is 0. The highest BCUT2D eigenvalue weighted by atomic mass is 19.4. The minimum Gasteiger partial charge on any atom is -0.464 e. The summed E-state index contributed by atoms with van der Waals surface area (Å²) in [6.07, 6.45) is -3.87. The zero-order chi connectivity index (χ0) is 9.35. The Hall–Kier alpha value is -1.04. The number of hydrogen-bond acceptors (Lipinski definition) is 2. The molecule has 2 N–H and O–H groups in total. The average molecular weight is 183 g/mol. The summed E-state index contributed by atoms with van der Waals surface area (Å²) >= 11 is 0. The Morgan fingerprint density at radius 3 is 2.33 bits per heavy atom. The van der Waals surface area contributed by atoms with Crippen molar-refractivity contribution in [3.05, 3.63) is 23.9 Å². The Bertz CT molecular complexity index is 267.